The molecule has 27 heavy (non-hydrogen) atoms. The van der Waals surface area contributed by atoms with Gasteiger partial charge in [-0.2, -0.15) is 11.8 Å². The van der Waals surface area contributed by atoms with E-state index < -0.39 is 22.1 Å². The Hall–Kier alpha value is -0.970. The number of nitrogens with one attached hydrogen (secondary N) is 1. The number of ether oxygens (including phenoxy) is 1. The maximum atomic E-state index is 12.4. The van der Waals surface area contributed by atoms with E-state index in [-0.39, 0.29) is 10.8 Å². The Balaban J connectivity index is 1.48. The average Bonchev–Trinajstić information content (AvgIpc) is 3.14. The van der Waals surface area contributed by atoms with Gasteiger partial charge in [0, 0.05) is 18.3 Å². The topological polar surface area (TPSA) is 58.6 Å². The van der Waals surface area contributed by atoms with Crippen molar-refractivity contribution in [2.45, 2.75) is 36.6 Å². The smallest absolute Gasteiger partial charge is 0.406 e. The lowest BCUT2D eigenvalue weighted by atomic mass is 9.96. The molecule has 2 fully saturated rings. The highest BCUT2D eigenvalue weighted by Gasteiger charge is 2.31. The predicted octanol–water partition coefficient (Wildman–Crippen LogP) is 3.08. The zero-order valence-electron chi connectivity index (χ0n) is 14.7. The summed E-state index contributed by atoms with van der Waals surface area (Å²) in [5, 5.41) is 0. The number of benzene rings is 1. The fourth-order valence-corrected chi connectivity index (χ4v) is 5.83. The molecule has 0 aromatic heterocycles. The van der Waals surface area contributed by atoms with Gasteiger partial charge in [0.25, 0.3) is 0 Å². The third-order valence-corrected chi connectivity index (χ3v) is 7.59. The van der Waals surface area contributed by atoms with Crippen molar-refractivity contribution in [2.75, 3.05) is 31.1 Å². The summed E-state index contributed by atoms with van der Waals surface area (Å²) in [4.78, 5) is 2.43. The number of nitrogens with zero attached hydrogens (tertiary/aromatic N) is 1. The maximum absolute atomic E-state index is 12.4. The Labute approximate surface area is 161 Å². The van der Waals surface area contributed by atoms with Gasteiger partial charge in [-0.25, -0.2) is 13.1 Å². The van der Waals surface area contributed by atoms with Crippen molar-refractivity contribution >= 4 is 21.8 Å². The molecule has 1 N–H and O–H groups in total. The third-order valence-electron chi connectivity index (χ3n) is 5.00. The first-order valence-corrected chi connectivity index (χ1v) is 11.5. The molecule has 2 saturated heterocycles. The SMILES string of the molecule is O=S(=O)(NCC1CCN(C2CCSC2)CC1)c1ccc(OC(F)(F)F)cc1. The van der Waals surface area contributed by atoms with Gasteiger partial charge in [-0.3, -0.25) is 4.90 Å². The second-order valence-electron chi connectivity index (χ2n) is 6.87. The van der Waals surface area contributed by atoms with Gasteiger partial charge in [0.1, 0.15) is 5.75 Å². The van der Waals surface area contributed by atoms with E-state index >= 15 is 0 Å². The molecular weight excluding hydrogens is 401 g/mol. The molecule has 0 amide bonds. The van der Waals surface area contributed by atoms with Crippen LogP contribution in [0.3, 0.4) is 0 Å². The summed E-state index contributed by atoms with van der Waals surface area (Å²) in [6.45, 7) is 2.32. The van der Waals surface area contributed by atoms with Crippen LogP contribution in [0, 0.1) is 5.92 Å². The van der Waals surface area contributed by atoms with E-state index in [1.807, 2.05) is 11.8 Å². The lowest BCUT2D eigenvalue weighted by Crippen LogP contribution is -2.43. The van der Waals surface area contributed by atoms with Crippen molar-refractivity contribution in [3.05, 3.63) is 24.3 Å². The first kappa shape index (κ1) is 20.8. The Kier molecular flexibility index (Phi) is 6.60. The summed E-state index contributed by atoms with van der Waals surface area (Å²) in [5.74, 6) is 2.24. The van der Waals surface area contributed by atoms with Gasteiger partial charge in [0.15, 0.2) is 0 Å². The number of rotatable bonds is 6. The Bertz CT molecular complexity index is 712. The normalized spacial score (nSPS) is 22.9. The third kappa shape index (κ3) is 6.00. The molecule has 1 aromatic carbocycles. The summed E-state index contributed by atoms with van der Waals surface area (Å²) in [7, 11) is -3.75. The van der Waals surface area contributed by atoms with Crippen LogP contribution in [0.1, 0.15) is 19.3 Å². The van der Waals surface area contributed by atoms with Crippen LogP contribution in [-0.2, 0) is 10.0 Å². The monoisotopic (exact) mass is 424 g/mol. The highest BCUT2D eigenvalue weighted by molar-refractivity contribution is 7.99. The van der Waals surface area contributed by atoms with Crippen LogP contribution >= 0.6 is 11.8 Å². The van der Waals surface area contributed by atoms with Crippen molar-refractivity contribution in [1.29, 1.82) is 0 Å². The van der Waals surface area contributed by atoms with E-state index in [1.165, 1.54) is 17.9 Å². The Morgan fingerprint density at radius 1 is 1.15 bits per heavy atom. The van der Waals surface area contributed by atoms with Crippen molar-refractivity contribution in [1.82, 2.24) is 9.62 Å². The second-order valence-corrected chi connectivity index (χ2v) is 9.78. The van der Waals surface area contributed by atoms with Crippen LogP contribution in [0.25, 0.3) is 0 Å². The standard InChI is InChI=1S/C17H23F3N2O3S2/c18-17(19,20)25-15-1-3-16(4-2-15)27(23,24)21-11-13-5-8-22(9-6-13)14-7-10-26-12-14/h1-4,13-14,21H,5-12H2. The second kappa shape index (κ2) is 8.59. The van der Waals surface area contributed by atoms with Crippen molar-refractivity contribution in [3.8, 4) is 5.75 Å². The minimum atomic E-state index is -4.80. The van der Waals surface area contributed by atoms with Crippen LogP contribution in [0.2, 0.25) is 0 Å². The number of thioether (sulfide) groups is 1. The Morgan fingerprint density at radius 3 is 2.37 bits per heavy atom. The Morgan fingerprint density at radius 2 is 1.81 bits per heavy atom. The first-order valence-electron chi connectivity index (χ1n) is 8.90. The van der Waals surface area contributed by atoms with E-state index in [9.17, 15) is 21.6 Å². The number of alkyl halides is 3. The zero-order chi connectivity index (χ0) is 19.5. The minimum absolute atomic E-state index is 0.0718. The number of piperidine rings is 1. The van der Waals surface area contributed by atoms with E-state index in [4.69, 9.17) is 0 Å². The first-order chi connectivity index (χ1) is 12.7. The predicted molar refractivity (Wildman–Crippen MR) is 98.3 cm³/mol. The fraction of sp³-hybridized carbons (Fsp3) is 0.647. The zero-order valence-corrected chi connectivity index (χ0v) is 16.4. The quantitative estimate of drug-likeness (QED) is 0.761. The van der Waals surface area contributed by atoms with E-state index in [1.54, 1.807) is 0 Å². The fourth-order valence-electron chi connectivity index (χ4n) is 3.46. The molecule has 2 heterocycles. The van der Waals surface area contributed by atoms with Crippen LogP contribution in [-0.4, -0.2) is 56.9 Å². The molecular formula is C17H23F3N2O3S2. The molecule has 5 nitrogen and oxygen atoms in total. The molecule has 1 aromatic rings. The molecule has 3 rings (SSSR count). The molecule has 2 aliphatic rings. The van der Waals surface area contributed by atoms with Crippen LogP contribution in [0.4, 0.5) is 13.2 Å². The lowest BCUT2D eigenvalue weighted by molar-refractivity contribution is -0.274. The molecule has 1 unspecified atom stereocenters. The number of hydrogen-bond acceptors (Lipinski definition) is 5. The van der Waals surface area contributed by atoms with Crippen molar-refractivity contribution < 1.29 is 26.3 Å². The van der Waals surface area contributed by atoms with Crippen molar-refractivity contribution in [3.63, 3.8) is 0 Å². The molecule has 152 valence electrons. The lowest BCUT2D eigenvalue weighted by Gasteiger charge is -2.35. The van der Waals surface area contributed by atoms with Gasteiger partial charge in [-0.05, 0) is 68.3 Å². The average molecular weight is 425 g/mol. The number of sulfonamides is 1. The van der Waals surface area contributed by atoms with Gasteiger partial charge in [-0.1, -0.05) is 0 Å². The molecule has 0 bridgehead atoms. The molecule has 0 aliphatic carbocycles. The van der Waals surface area contributed by atoms with Gasteiger partial charge in [0.2, 0.25) is 10.0 Å². The van der Waals surface area contributed by atoms with Gasteiger partial charge < -0.3 is 4.74 Å². The van der Waals surface area contributed by atoms with E-state index in [2.05, 4.69) is 14.4 Å². The van der Waals surface area contributed by atoms with Crippen LogP contribution in [0.5, 0.6) is 5.75 Å². The maximum Gasteiger partial charge on any atom is 0.573 e. The summed E-state index contributed by atoms with van der Waals surface area (Å²) < 4.78 is 67.6. The summed E-state index contributed by atoms with van der Waals surface area (Å²) >= 11 is 1.99. The summed E-state index contributed by atoms with van der Waals surface area (Å²) in [6, 6.07) is 4.89. The highest BCUT2D eigenvalue weighted by Crippen LogP contribution is 2.27. The van der Waals surface area contributed by atoms with Gasteiger partial charge >= 0.3 is 6.36 Å². The largest absolute Gasteiger partial charge is 0.573 e. The number of likely N-dealkylation sites (tertiary alicyclic amines) is 1. The highest BCUT2D eigenvalue weighted by atomic mass is 32.2. The number of hydrogen-bond donors (Lipinski definition) is 1. The molecule has 10 heteroatoms. The molecule has 0 spiro atoms. The minimum Gasteiger partial charge on any atom is -0.406 e. The van der Waals surface area contributed by atoms with Gasteiger partial charge in [0.05, 0.1) is 4.90 Å². The van der Waals surface area contributed by atoms with Crippen LogP contribution < -0.4 is 9.46 Å². The molecule has 2 aliphatic heterocycles. The summed E-state index contributed by atoms with van der Waals surface area (Å²) in [6.07, 6.45) is -1.68. The van der Waals surface area contributed by atoms with Crippen molar-refractivity contribution in [2.24, 2.45) is 5.92 Å². The summed E-state index contributed by atoms with van der Waals surface area (Å²) in [5.41, 5.74) is 0. The molecule has 0 radical (unpaired) electrons. The van der Waals surface area contributed by atoms with Gasteiger partial charge in [-0.15, -0.1) is 13.2 Å². The van der Waals surface area contributed by atoms with E-state index in [0.29, 0.717) is 12.6 Å². The number of halogens is 3. The van der Waals surface area contributed by atoms with Crippen LogP contribution in [0.15, 0.2) is 29.2 Å². The molecule has 1 atom stereocenters. The molecule has 0 saturated carbocycles. The van der Waals surface area contributed by atoms with E-state index in [0.717, 1.165) is 50.2 Å².